The van der Waals surface area contributed by atoms with Crippen LogP contribution >= 0.6 is 0 Å². The van der Waals surface area contributed by atoms with E-state index in [9.17, 15) is 9.59 Å². The van der Waals surface area contributed by atoms with Crippen molar-refractivity contribution >= 4 is 11.8 Å². The van der Waals surface area contributed by atoms with Crippen molar-refractivity contribution in [2.75, 3.05) is 39.4 Å². The fraction of sp³-hybridized carbons (Fsp3) is 0.833. The molecule has 104 valence electrons. The molecule has 0 spiro atoms. The summed E-state index contributed by atoms with van der Waals surface area (Å²) in [7, 11) is 0. The van der Waals surface area contributed by atoms with E-state index in [0.717, 1.165) is 39.3 Å². The van der Waals surface area contributed by atoms with E-state index in [0.29, 0.717) is 6.54 Å². The van der Waals surface area contributed by atoms with Crippen LogP contribution in [-0.2, 0) is 14.3 Å². The van der Waals surface area contributed by atoms with Gasteiger partial charge in [0.2, 0.25) is 0 Å². The molecule has 1 aliphatic heterocycles. The first-order valence-electron chi connectivity index (χ1n) is 6.63. The summed E-state index contributed by atoms with van der Waals surface area (Å²) in [5.41, 5.74) is 0. The van der Waals surface area contributed by atoms with E-state index in [4.69, 9.17) is 4.74 Å². The number of rotatable bonds is 5. The molecule has 2 amide bonds. The zero-order chi connectivity index (χ0) is 13.4. The fourth-order valence-corrected chi connectivity index (χ4v) is 1.73. The molecule has 3 N–H and O–H groups in total. The third kappa shape index (κ3) is 5.46. The Morgan fingerprint density at radius 1 is 1.28 bits per heavy atom. The molecular formula is C12H24N3O3+. The first kappa shape index (κ1) is 14.9. The second-order valence-corrected chi connectivity index (χ2v) is 4.65. The van der Waals surface area contributed by atoms with Crippen molar-refractivity contribution in [1.82, 2.24) is 10.6 Å². The highest BCUT2D eigenvalue weighted by Gasteiger charge is 2.17. The lowest BCUT2D eigenvalue weighted by atomic mass is 10.2. The minimum atomic E-state index is -0.540. The van der Waals surface area contributed by atoms with Crippen molar-refractivity contribution in [1.29, 1.82) is 0 Å². The quantitative estimate of drug-likeness (QED) is 0.496. The van der Waals surface area contributed by atoms with Gasteiger partial charge < -0.3 is 20.3 Å². The average molecular weight is 258 g/mol. The number of quaternary nitrogens is 1. The summed E-state index contributed by atoms with van der Waals surface area (Å²) in [5, 5.41) is 5.29. The van der Waals surface area contributed by atoms with Gasteiger partial charge in [-0.1, -0.05) is 6.92 Å². The largest absolute Gasteiger partial charge is 0.370 e. The Labute approximate surface area is 108 Å². The van der Waals surface area contributed by atoms with Gasteiger partial charge in [0.1, 0.15) is 13.1 Å². The van der Waals surface area contributed by atoms with Crippen LogP contribution in [0.3, 0.4) is 0 Å². The van der Waals surface area contributed by atoms with Crippen molar-refractivity contribution < 1.29 is 19.2 Å². The zero-order valence-electron chi connectivity index (χ0n) is 11.3. The molecule has 1 fully saturated rings. The first-order chi connectivity index (χ1) is 8.63. The Hall–Kier alpha value is -1.14. The number of nitrogens with one attached hydrogen (secondary N) is 3. The van der Waals surface area contributed by atoms with E-state index in [1.54, 1.807) is 0 Å². The van der Waals surface area contributed by atoms with Crippen LogP contribution in [0.15, 0.2) is 0 Å². The molecule has 0 unspecified atom stereocenters. The van der Waals surface area contributed by atoms with Gasteiger partial charge in [-0.05, 0) is 13.3 Å². The molecule has 0 saturated carbocycles. The summed E-state index contributed by atoms with van der Waals surface area (Å²) in [6.45, 7) is 8.70. The third-order valence-corrected chi connectivity index (χ3v) is 3.16. The summed E-state index contributed by atoms with van der Waals surface area (Å²) in [5.74, 6) is -1.08. The molecule has 0 aromatic carbocycles. The number of ether oxygens (including phenoxy) is 1. The molecule has 0 radical (unpaired) electrons. The number of carbonyl (C=O) groups excluding carboxylic acids is 2. The molecule has 18 heavy (non-hydrogen) atoms. The normalized spacial score (nSPS) is 18.1. The second kappa shape index (κ2) is 8.05. The predicted octanol–water partition coefficient (Wildman–Crippen LogP) is -2.07. The van der Waals surface area contributed by atoms with Gasteiger partial charge in [0.15, 0.2) is 0 Å². The summed E-state index contributed by atoms with van der Waals surface area (Å²) < 4.78 is 5.25. The lowest BCUT2D eigenvalue weighted by molar-refractivity contribution is -0.906. The molecule has 1 heterocycles. The molecular weight excluding hydrogens is 234 g/mol. The van der Waals surface area contributed by atoms with E-state index < -0.39 is 11.8 Å². The van der Waals surface area contributed by atoms with Crippen molar-refractivity contribution in [2.45, 2.75) is 26.3 Å². The van der Waals surface area contributed by atoms with Gasteiger partial charge in [0.25, 0.3) is 0 Å². The number of hydrogen-bond acceptors (Lipinski definition) is 3. The second-order valence-electron chi connectivity index (χ2n) is 4.65. The van der Waals surface area contributed by atoms with Crippen LogP contribution in [0.25, 0.3) is 0 Å². The van der Waals surface area contributed by atoms with E-state index in [2.05, 4.69) is 10.6 Å². The van der Waals surface area contributed by atoms with Crippen LogP contribution in [0.2, 0.25) is 0 Å². The maximum atomic E-state index is 11.5. The lowest BCUT2D eigenvalue weighted by Crippen LogP contribution is -3.14. The minimum Gasteiger partial charge on any atom is -0.370 e. The molecule has 0 aliphatic carbocycles. The zero-order valence-corrected chi connectivity index (χ0v) is 11.3. The van der Waals surface area contributed by atoms with Gasteiger partial charge in [-0.15, -0.1) is 0 Å². The third-order valence-electron chi connectivity index (χ3n) is 3.16. The summed E-state index contributed by atoms with van der Waals surface area (Å²) in [4.78, 5) is 24.3. The standard InChI is InChI=1S/C12H23N3O3/c1-3-10(2)14-12(17)11(16)13-4-5-15-6-8-18-9-7-15/h10H,3-9H2,1-2H3,(H,13,16)(H,14,17)/p+1/t10-/m1/s1. The fourth-order valence-electron chi connectivity index (χ4n) is 1.73. The molecule has 0 bridgehead atoms. The Morgan fingerprint density at radius 2 is 1.94 bits per heavy atom. The molecule has 0 aromatic rings. The topological polar surface area (TPSA) is 71.9 Å². The highest BCUT2D eigenvalue weighted by atomic mass is 16.5. The molecule has 1 saturated heterocycles. The van der Waals surface area contributed by atoms with Crippen LogP contribution < -0.4 is 15.5 Å². The van der Waals surface area contributed by atoms with Gasteiger partial charge >= 0.3 is 11.8 Å². The molecule has 1 aliphatic rings. The van der Waals surface area contributed by atoms with E-state index in [-0.39, 0.29) is 6.04 Å². The SMILES string of the molecule is CC[C@@H](C)NC(=O)C(=O)NCC[NH+]1CCOCC1. The van der Waals surface area contributed by atoms with Gasteiger partial charge in [0, 0.05) is 6.04 Å². The van der Waals surface area contributed by atoms with Crippen molar-refractivity contribution in [2.24, 2.45) is 0 Å². The Bertz CT molecular complexity index is 278. The maximum Gasteiger partial charge on any atom is 0.309 e. The van der Waals surface area contributed by atoms with Crippen LogP contribution in [0.5, 0.6) is 0 Å². The van der Waals surface area contributed by atoms with Gasteiger partial charge in [-0.2, -0.15) is 0 Å². The van der Waals surface area contributed by atoms with Crippen molar-refractivity contribution in [3.63, 3.8) is 0 Å². The monoisotopic (exact) mass is 258 g/mol. The predicted molar refractivity (Wildman–Crippen MR) is 67.3 cm³/mol. The van der Waals surface area contributed by atoms with Crippen LogP contribution in [-0.4, -0.2) is 57.2 Å². The molecule has 1 atom stereocenters. The van der Waals surface area contributed by atoms with E-state index in [1.807, 2.05) is 13.8 Å². The Balaban J connectivity index is 2.13. The van der Waals surface area contributed by atoms with Crippen molar-refractivity contribution in [3.05, 3.63) is 0 Å². The molecule has 1 rings (SSSR count). The van der Waals surface area contributed by atoms with E-state index in [1.165, 1.54) is 4.90 Å². The molecule has 6 heteroatoms. The lowest BCUT2D eigenvalue weighted by Gasteiger charge is -2.23. The minimum absolute atomic E-state index is 0.0353. The molecule has 0 aromatic heterocycles. The summed E-state index contributed by atoms with van der Waals surface area (Å²) >= 11 is 0. The first-order valence-corrected chi connectivity index (χ1v) is 6.63. The maximum absolute atomic E-state index is 11.5. The van der Waals surface area contributed by atoms with Crippen LogP contribution in [0.4, 0.5) is 0 Å². The van der Waals surface area contributed by atoms with Crippen LogP contribution in [0.1, 0.15) is 20.3 Å². The Morgan fingerprint density at radius 3 is 2.56 bits per heavy atom. The highest BCUT2D eigenvalue weighted by molar-refractivity contribution is 6.35. The van der Waals surface area contributed by atoms with Crippen molar-refractivity contribution in [3.8, 4) is 0 Å². The summed E-state index contributed by atoms with van der Waals surface area (Å²) in [6.07, 6.45) is 0.816. The van der Waals surface area contributed by atoms with Crippen LogP contribution in [0, 0.1) is 0 Å². The van der Waals surface area contributed by atoms with Gasteiger partial charge in [-0.3, -0.25) is 9.59 Å². The van der Waals surface area contributed by atoms with Gasteiger partial charge in [0.05, 0.1) is 26.3 Å². The smallest absolute Gasteiger partial charge is 0.309 e. The number of carbonyl (C=O) groups is 2. The number of hydrogen-bond donors (Lipinski definition) is 3. The molecule has 6 nitrogen and oxygen atoms in total. The van der Waals surface area contributed by atoms with Gasteiger partial charge in [-0.25, -0.2) is 0 Å². The highest BCUT2D eigenvalue weighted by Crippen LogP contribution is 1.86. The number of amides is 2. The summed E-state index contributed by atoms with van der Waals surface area (Å²) in [6, 6.07) is 0.0353. The average Bonchev–Trinajstić information content (AvgIpc) is 2.39. The van der Waals surface area contributed by atoms with E-state index >= 15 is 0 Å². The number of morpholine rings is 1. The Kier molecular flexibility index (Phi) is 6.67.